The van der Waals surface area contributed by atoms with Gasteiger partial charge in [0.2, 0.25) is 0 Å². The summed E-state index contributed by atoms with van der Waals surface area (Å²) in [6, 6.07) is 3.57. The lowest BCUT2D eigenvalue weighted by molar-refractivity contribution is -0.131. The number of benzene rings is 1. The predicted molar refractivity (Wildman–Crippen MR) is 53.8 cm³/mol. The van der Waals surface area contributed by atoms with E-state index in [0.717, 1.165) is 16.9 Å². The van der Waals surface area contributed by atoms with Crippen LogP contribution in [0.3, 0.4) is 0 Å². The van der Waals surface area contributed by atoms with Crippen LogP contribution in [0.2, 0.25) is 0 Å². The van der Waals surface area contributed by atoms with Crippen molar-refractivity contribution in [3.63, 3.8) is 0 Å². The van der Waals surface area contributed by atoms with Gasteiger partial charge >= 0.3 is 5.97 Å². The molecule has 0 aliphatic rings. The highest BCUT2D eigenvalue weighted by Crippen LogP contribution is 2.27. The van der Waals surface area contributed by atoms with Crippen LogP contribution in [-0.4, -0.2) is 13.1 Å². The maximum atomic E-state index is 10.7. The fourth-order valence-corrected chi connectivity index (χ4v) is 1.46. The highest BCUT2D eigenvalue weighted by Gasteiger charge is 2.06. The zero-order valence-corrected chi connectivity index (χ0v) is 8.88. The molecule has 0 saturated carbocycles. The smallest absolute Gasteiger partial charge is 0.308 e. The summed E-state index contributed by atoms with van der Waals surface area (Å²) in [6.07, 6.45) is 0. The fourth-order valence-electron chi connectivity index (χ4n) is 1.46. The van der Waals surface area contributed by atoms with Crippen LogP contribution < -0.4 is 9.47 Å². The molecule has 0 aliphatic heterocycles. The average molecular weight is 194 g/mol. The molecular weight excluding hydrogens is 180 g/mol. The number of esters is 1. The van der Waals surface area contributed by atoms with E-state index in [4.69, 9.17) is 9.47 Å². The van der Waals surface area contributed by atoms with Gasteiger partial charge in [0.15, 0.2) is 0 Å². The van der Waals surface area contributed by atoms with Crippen LogP contribution in [-0.2, 0) is 4.79 Å². The van der Waals surface area contributed by atoms with Gasteiger partial charge in [-0.15, -0.1) is 0 Å². The third-order valence-electron chi connectivity index (χ3n) is 1.90. The Kier molecular flexibility index (Phi) is 3.12. The molecule has 0 aromatic heterocycles. The maximum Gasteiger partial charge on any atom is 0.308 e. The number of carbonyl (C=O) groups is 1. The van der Waals surface area contributed by atoms with Gasteiger partial charge in [0, 0.05) is 6.92 Å². The molecule has 1 aromatic carbocycles. The van der Waals surface area contributed by atoms with E-state index in [9.17, 15) is 4.79 Å². The number of hydrogen-bond donors (Lipinski definition) is 0. The molecule has 0 heterocycles. The Balaban J connectivity index is 3.07. The summed E-state index contributed by atoms with van der Waals surface area (Å²) in [5.74, 6) is 1.09. The van der Waals surface area contributed by atoms with E-state index in [1.807, 2.05) is 13.8 Å². The topological polar surface area (TPSA) is 35.5 Å². The van der Waals surface area contributed by atoms with Crippen LogP contribution in [0.1, 0.15) is 18.1 Å². The summed E-state index contributed by atoms with van der Waals surface area (Å²) in [5.41, 5.74) is 1.92. The van der Waals surface area contributed by atoms with E-state index >= 15 is 0 Å². The van der Waals surface area contributed by atoms with Gasteiger partial charge in [-0.25, -0.2) is 0 Å². The molecule has 0 N–H and O–H groups in total. The lowest BCUT2D eigenvalue weighted by Gasteiger charge is -2.10. The maximum absolute atomic E-state index is 10.7. The van der Waals surface area contributed by atoms with Gasteiger partial charge in [0.05, 0.1) is 7.11 Å². The summed E-state index contributed by atoms with van der Waals surface area (Å²) in [7, 11) is 1.63. The van der Waals surface area contributed by atoms with Crippen molar-refractivity contribution in [2.45, 2.75) is 20.8 Å². The van der Waals surface area contributed by atoms with Crippen LogP contribution in [0.5, 0.6) is 11.5 Å². The van der Waals surface area contributed by atoms with Crippen LogP contribution in [0, 0.1) is 13.8 Å². The largest absolute Gasteiger partial charge is 0.496 e. The highest BCUT2D eigenvalue weighted by molar-refractivity contribution is 5.69. The van der Waals surface area contributed by atoms with E-state index in [-0.39, 0.29) is 5.97 Å². The van der Waals surface area contributed by atoms with Gasteiger partial charge in [0.1, 0.15) is 11.5 Å². The number of rotatable bonds is 2. The molecule has 0 saturated heterocycles. The first-order valence-electron chi connectivity index (χ1n) is 4.38. The molecular formula is C11H14O3. The van der Waals surface area contributed by atoms with Crippen molar-refractivity contribution in [3.05, 3.63) is 23.3 Å². The quantitative estimate of drug-likeness (QED) is 0.535. The third-order valence-corrected chi connectivity index (χ3v) is 1.90. The Labute approximate surface area is 83.6 Å². The van der Waals surface area contributed by atoms with Crippen molar-refractivity contribution in [2.24, 2.45) is 0 Å². The molecule has 0 spiro atoms. The predicted octanol–water partition coefficient (Wildman–Crippen LogP) is 2.24. The Hall–Kier alpha value is -1.51. The SMILES string of the molecule is COc1c(C)cc(OC(C)=O)cc1C. The molecule has 0 unspecified atom stereocenters. The van der Waals surface area contributed by atoms with Crippen molar-refractivity contribution < 1.29 is 14.3 Å². The Morgan fingerprint density at radius 2 is 1.71 bits per heavy atom. The van der Waals surface area contributed by atoms with Crippen LogP contribution >= 0.6 is 0 Å². The average Bonchev–Trinajstić information content (AvgIpc) is 2.01. The van der Waals surface area contributed by atoms with Crippen molar-refractivity contribution in [1.29, 1.82) is 0 Å². The number of methoxy groups -OCH3 is 1. The van der Waals surface area contributed by atoms with Gasteiger partial charge in [-0.05, 0) is 37.1 Å². The Bertz CT molecular complexity index is 333. The molecule has 1 aromatic rings. The molecule has 14 heavy (non-hydrogen) atoms. The molecule has 0 amide bonds. The highest BCUT2D eigenvalue weighted by atomic mass is 16.5. The molecule has 3 nitrogen and oxygen atoms in total. The van der Waals surface area contributed by atoms with Crippen LogP contribution in [0.15, 0.2) is 12.1 Å². The summed E-state index contributed by atoms with van der Waals surface area (Å²) in [5, 5.41) is 0. The Morgan fingerprint density at radius 1 is 1.21 bits per heavy atom. The second-order valence-corrected chi connectivity index (χ2v) is 3.18. The van der Waals surface area contributed by atoms with E-state index in [0.29, 0.717) is 5.75 Å². The molecule has 0 radical (unpaired) electrons. The van der Waals surface area contributed by atoms with E-state index in [1.165, 1.54) is 6.92 Å². The van der Waals surface area contributed by atoms with Gasteiger partial charge in [-0.3, -0.25) is 4.79 Å². The minimum atomic E-state index is -0.311. The fraction of sp³-hybridized carbons (Fsp3) is 0.364. The van der Waals surface area contributed by atoms with Crippen LogP contribution in [0.4, 0.5) is 0 Å². The Morgan fingerprint density at radius 3 is 2.07 bits per heavy atom. The molecule has 76 valence electrons. The van der Waals surface area contributed by atoms with E-state index in [2.05, 4.69) is 0 Å². The first-order valence-corrected chi connectivity index (χ1v) is 4.38. The lowest BCUT2D eigenvalue weighted by atomic mass is 10.1. The first-order chi connectivity index (χ1) is 6.54. The van der Waals surface area contributed by atoms with E-state index in [1.54, 1.807) is 19.2 Å². The summed E-state index contributed by atoms with van der Waals surface area (Å²) in [6.45, 7) is 5.21. The van der Waals surface area contributed by atoms with Gasteiger partial charge < -0.3 is 9.47 Å². The number of aryl methyl sites for hydroxylation is 2. The summed E-state index contributed by atoms with van der Waals surface area (Å²) in [4.78, 5) is 10.7. The standard InChI is InChI=1S/C11H14O3/c1-7-5-10(14-9(3)12)6-8(2)11(7)13-4/h5-6H,1-4H3. The zero-order valence-electron chi connectivity index (χ0n) is 8.88. The third kappa shape index (κ3) is 2.25. The van der Waals surface area contributed by atoms with Crippen LogP contribution in [0.25, 0.3) is 0 Å². The summed E-state index contributed by atoms with van der Waals surface area (Å²) < 4.78 is 10.2. The molecule has 0 aliphatic carbocycles. The normalized spacial score (nSPS) is 9.71. The van der Waals surface area contributed by atoms with Gasteiger partial charge in [0.25, 0.3) is 0 Å². The number of ether oxygens (including phenoxy) is 2. The van der Waals surface area contributed by atoms with Gasteiger partial charge in [-0.2, -0.15) is 0 Å². The molecule has 0 bridgehead atoms. The molecule has 0 fully saturated rings. The van der Waals surface area contributed by atoms with Crippen molar-refractivity contribution >= 4 is 5.97 Å². The second kappa shape index (κ2) is 4.13. The van der Waals surface area contributed by atoms with Gasteiger partial charge in [-0.1, -0.05) is 0 Å². The number of carbonyl (C=O) groups excluding carboxylic acids is 1. The van der Waals surface area contributed by atoms with E-state index < -0.39 is 0 Å². The molecule has 3 heteroatoms. The zero-order chi connectivity index (χ0) is 10.7. The number of hydrogen-bond acceptors (Lipinski definition) is 3. The summed E-state index contributed by atoms with van der Waals surface area (Å²) >= 11 is 0. The second-order valence-electron chi connectivity index (χ2n) is 3.18. The molecule has 0 atom stereocenters. The monoisotopic (exact) mass is 194 g/mol. The molecule has 1 rings (SSSR count). The van der Waals surface area contributed by atoms with Crippen molar-refractivity contribution in [1.82, 2.24) is 0 Å². The van der Waals surface area contributed by atoms with Crippen molar-refractivity contribution in [2.75, 3.05) is 7.11 Å². The lowest BCUT2D eigenvalue weighted by Crippen LogP contribution is -2.02. The first kappa shape index (κ1) is 10.6. The minimum Gasteiger partial charge on any atom is -0.496 e. The minimum absolute atomic E-state index is 0.311. The van der Waals surface area contributed by atoms with Crippen molar-refractivity contribution in [3.8, 4) is 11.5 Å².